The Morgan fingerprint density at radius 3 is 2.36 bits per heavy atom. The first-order valence-corrected chi connectivity index (χ1v) is 9.04. The molecular weight excluding hydrogens is 400 g/mol. The van der Waals surface area contributed by atoms with E-state index >= 15 is 0 Å². The third-order valence-electron chi connectivity index (χ3n) is 4.30. The van der Waals surface area contributed by atoms with Crippen LogP contribution in [0, 0.1) is 6.92 Å². The third kappa shape index (κ3) is 3.58. The highest BCUT2D eigenvalue weighted by atomic mass is 35.5. The molecule has 1 aliphatic heterocycles. The van der Waals surface area contributed by atoms with E-state index in [9.17, 15) is 9.59 Å². The van der Waals surface area contributed by atoms with Crippen molar-refractivity contribution in [2.75, 3.05) is 19.1 Å². The fraction of sp³-hybridized carbons (Fsp3) is 0.150. The molecule has 0 unspecified atom stereocenters. The van der Waals surface area contributed by atoms with Crippen LogP contribution in [-0.2, 0) is 9.59 Å². The molecule has 1 saturated heterocycles. The van der Waals surface area contributed by atoms with Gasteiger partial charge in [-0.05, 0) is 61.6 Å². The maximum Gasteiger partial charge on any atom is 0.270 e. The molecule has 6 nitrogen and oxygen atoms in total. The number of hydrogen-bond acceptors (Lipinski definition) is 5. The molecule has 1 N–H and O–H groups in total. The summed E-state index contributed by atoms with van der Waals surface area (Å²) in [6.07, 6.45) is 1.48. The molecule has 0 atom stereocenters. The summed E-state index contributed by atoms with van der Waals surface area (Å²) in [5.41, 5.74) is 1.77. The van der Waals surface area contributed by atoms with Gasteiger partial charge in [0.15, 0.2) is 5.11 Å². The highest BCUT2D eigenvalue weighted by Crippen LogP contribution is 2.33. The van der Waals surface area contributed by atoms with Crippen molar-refractivity contribution in [2.45, 2.75) is 6.92 Å². The first kappa shape index (κ1) is 19.9. The molecule has 0 aliphatic carbocycles. The van der Waals surface area contributed by atoms with Gasteiger partial charge in [-0.15, -0.1) is 0 Å². The van der Waals surface area contributed by atoms with Crippen LogP contribution < -0.4 is 19.7 Å². The molecule has 2 amide bonds. The third-order valence-corrected chi connectivity index (χ3v) is 4.83. The minimum atomic E-state index is -0.573. The summed E-state index contributed by atoms with van der Waals surface area (Å²) in [4.78, 5) is 26.8. The van der Waals surface area contributed by atoms with Gasteiger partial charge in [-0.1, -0.05) is 11.6 Å². The van der Waals surface area contributed by atoms with Gasteiger partial charge in [-0.3, -0.25) is 19.8 Å². The van der Waals surface area contributed by atoms with E-state index in [2.05, 4.69) is 5.32 Å². The van der Waals surface area contributed by atoms with E-state index in [0.29, 0.717) is 27.8 Å². The Bertz CT molecular complexity index is 1000. The predicted molar refractivity (Wildman–Crippen MR) is 112 cm³/mol. The molecule has 144 valence electrons. The summed E-state index contributed by atoms with van der Waals surface area (Å²) in [6.45, 7) is 1.83. The van der Waals surface area contributed by atoms with Crippen LogP contribution in [0.5, 0.6) is 11.5 Å². The Kier molecular flexibility index (Phi) is 5.67. The van der Waals surface area contributed by atoms with Crippen LogP contribution in [-0.4, -0.2) is 31.1 Å². The van der Waals surface area contributed by atoms with E-state index in [0.717, 1.165) is 5.56 Å². The molecule has 1 heterocycles. The molecule has 0 aromatic heterocycles. The van der Waals surface area contributed by atoms with Gasteiger partial charge >= 0.3 is 0 Å². The maximum atomic E-state index is 13.1. The minimum Gasteiger partial charge on any atom is -0.496 e. The minimum absolute atomic E-state index is 0.00680. The Hall–Kier alpha value is -2.90. The van der Waals surface area contributed by atoms with Crippen LogP contribution in [0.3, 0.4) is 0 Å². The summed E-state index contributed by atoms with van der Waals surface area (Å²) in [7, 11) is 3.07. The van der Waals surface area contributed by atoms with Crippen LogP contribution in [0.4, 0.5) is 5.69 Å². The van der Waals surface area contributed by atoms with Gasteiger partial charge in [0.25, 0.3) is 11.8 Å². The summed E-state index contributed by atoms with van der Waals surface area (Å²) in [6, 6.07) is 10.1. The molecule has 28 heavy (non-hydrogen) atoms. The van der Waals surface area contributed by atoms with Crippen LogP contribution >= 0.6 is 23.8 Å². The number of hydrogen-bond donors (Lipinski definition) is 1. The van der Waals surface area contributed by atoms with E-state index in [4.69, 9.17) is 33.3 Å². The number of nitrogens with zero attached hydrogens (tertiary/aromatic N) is 1. The Balaban J connectivity index is 2.07. The van der Waals surface area contributed by atoms with Gasteiger partial charge in [0.2, 0.25) is 0 Å². The molecule has 8 heteroatoms. The maximum absolute atomic E-state index is 13.1. The molecule has 0 bridgehead atoms. The number of anilines is 1. The molecule has 0 spiro atoms. The zero-order valence-electron chi connectivity index (χ0n) is 15.4. The summed E-state index contributed by atoms with van der Waals surface area (Å²) in [5, 5.41) is 3.08. The monoisotopic (exact) mass is 416 g/mol. The SMILES string of the molecule is COc1ccc(/C=C2/C(=O)NC(=S)N(c3ccc(Cl)cc3)C2=O)c(OC)c1C. The van der Waals surface area contributed by atoms with Crippen molar-refractivity contribution in [3.05, 3.63) is 58.1 Å². The second-order valence-electron chi connectivity index (χ2n) is 5.95. The lowest BCUT2D eigenvalue weighted by Crippen LogP contribution is -2.54. The zero-order chi connectivity index (χ0) is 20.4. The smallest absolute Gasteiger partial charge is 0.270 e. The first-order valence-electron chi connectivity index (χ1n) is 8.26. The van der Waals surface area contributed by atoms with E-state index in [-0.39, 0.29) is 10.7 Å². The second-order valence-corrected chi connectivity index (χ2v) is 6.77. The van der Waals surface area contributed by atoms with Crippen molar-refractivity contribution < 1.29 is 19.1 Å². The van der Waals surface area contributed by atoms with E-state index in [1.807, 2.05) is 6.92 Å². The fourth-order valence-corrected chi connectivity index (χ4v) is 3.34. The summed E-state index contributed by atoms with van der Waals surface area (Å²) >= 11 is 11.1. The summed E-state index contributed by atoms with van der Waals surface area (Å²) < 4.78 is 10.7. The number of benzene rings is 2. The molecular formula is C20H17ClN2O4S. The average molecular weight is 417 g/mol. The van der Waals surface area contributed by atoms with Gasteiger partial charge in [0, 0.05) is 16.1 Å². The molecule has 0 saturated carbocycles. The topological polar surface area (TPSA) is 67.9 Å². The molecule has 1 fully saturated rings. The largest absolute Gasteiger partial charge is 0.496 e. The van der Waals surface area contributed by atoms with E-state index in [1.54, 1.807) is 43.5 Å². The number of ether oxygens (including phenoxy) is 2. The van der Waals surface area contributed by atoms with Crippen molar-refractivity contribution in [1.82, 2.24) is 5.32 Å². The number of methoxy groups -OCH3 is 2. The Morgan fingerprint density at radius 2 is 1.75 bits per heavy atom. The van der Waals surface area contributed by atoms with Crippen molar-refractivity contribution in [1.29, 1.82) is 0 Å². The number of carbonyl (C=O) groups is 2. The first-order chi connectivity index (χ1) is 13.4. The van der Waals surface area contributed by atoms with E-state index < -0.39 is 11.8 Å². The van der Waals surface area contributed by atoms with E-state index in [1.165, 1.54) is 18.1 Å². The van der Waals surface area contributed by atoms with Gasteiger partial charge in [0.1, 0.15) is 17.1 Å². The molecule has 2 aromatic carbocycles. The summed E-state index contributed by atoms with van der Waals surface area (Å²) in [5.74, 6) is 0.0448. The Labute approximate surface area is 172 Å². The van der Waals surface area contributed by atoms with Crippen molar-refractivity contribution >= 4 is 52.5 Å². The number of amides is 2. The quantitative estimate of drug-likeness (QED) is 0.469. The predicted octanol–water partition coefficient (Wildman–Crippen LogP) is 3.50. The van der Waals surface area contributed by atoms with Crippen LogP contribution in [0.25, 0.3) is 6.08 Å². The Morgan fingerprint density at radius 1 is 1.07 bits per heavy atom. The van der Waals surface area contributed by atoms with Gasteiger partial charge in [0.05, 0.1) is 19.9 Å². The number of rotatable bonds is 4. The van der Waals surface area contributed by atoms with Crippen LogP contribution in [0.1, 0.15) is 11.1 Å². The number of nitrogens with one attached hydrogen (secondary N) is 1. The van der Waals surface area contributed by atoms with Crippen molar-refractivity contribution in [3.63, 3.8) is 0 Å². The number of thiocarbonyl (C=S) groups is 1. The van der Waals surface area contributed by atoms with Crippen molar-refractivity contribution in [2.24, 2.45) is 0 Å². The highest BCUT2D eigenvalue weighted by Gasteiger charge is 2.34. The second kappa shape index (κ2) is 8.00. The van der Waals surface area contributed by atoms with Gasteiger partial charge < -0.3 is 9.47 Å². The lowest BCUT2D eigenvalue weighted by atomic mass is 10.0. The number of halogens is 1. The van der Waals surface area contributed by atoms with Crippen LogP contribution in [0.2, 0.25) is 5.02 Å². The molecule has 0 radical (unpaired) electrons. The molecule has 1 aliphatic rings. The standard InChI is InChI=1S/C20H17ClN2O4S/c1-11-16(26-2)9-4-12(17(11)27-3)10-15-18(24)22-20(28)23(19(15)25)14-7-5-13(21)6-8-14/h4-10H,1-3H3,(H,22,24,28)/b15-10-. The lowest BCUT2D eigenvalue weighted by molar-refractivity contribution is -0.122. The van der Waals surface area contributed by atoms with Crippen LogP contribution in [0.15, 0.2) is 42.0 Å². The fourth-order valence-electron chi connectivity index (χ4n) is 2.94. The van der Waals surface area contributed by atoms with Gasteiger partial charge in [-0.25, -0.2) is 0 Å². The highest BCUT2D eigenvalue weighted by molar-refractivity contribution is 7.80. The van der Waals surface area contributed by atoms with Crippen molar-refractivity contribution in [3.8, 4) is 11.5 Å². The van der Waals surface area contributed by atoms with Gasteiger partial charge in [-0.2, -0.15) is 0 Å². The normalized spacial score (nSPS) is 15.6. The number of carbonyl (C=O) groups excluding carboxylic acids is 2. The average Bonchev–Trinajstić information content (AvgIpc) is 2.66. The lowest BCUT2D eigenvalue weighted by Gasteiger charge is -2.29. The molecule has 3 rings (SSSR count). The molecule has 2 aromatic rings. The zero-order valence-corrected chi connectivity index (χ0v) is 17.0.